The van der Waals surface area contributed by atoms with Gasteiger partial charge in [0.1, 0.15) is 0 Å². The number of piperazine rings is 1. The summed E-state index contributed by atoms with van der Waals surface area (Å²) in [6.07, 6.45) is 1.59. The maximum Gasteiger partial charge on any atom is 0.222 e. The lowest BCUT2D eigenvalue weighted by atomic mass is 9.80. The molecule has 2 aromatic carbocycles. The molecule has 1 amide bonds. The molecule has 0 radical (unpaired) electrons. The molecule has 2 atom stereocenters. The average molecular weight is 334 g/mol. The first-order valence-corrected chi connectivity index (χ1v) is 9.43. The lowest BCUT2D eigenvalue weighted by molar-refractivity contribution is -0.134. The van der Waals surface area contributed by atoms with Crippen molar-refractivity contribution in [2.75, 3.05) is 26.2 Å². The summed E-state index contributed by atoms with van der Waals surface area (Å²) in [6.45, 7) is 5.78. The third kappa shape index (κ3) is 3.09. The lowest BCUT2D eigenvalue weighted by Crippen LogP contribution is -2.53. The Bertz CT molecular complexity index is 743. The summed E-state index contributed by atoms with van der Waals surface area (Å²) in [4.78, 5) is 17.0. The maximum atomic E-state index is 12.4. The number of carbonyl (C=O) groups excluding carboxylic acids is 1. The molecule has 0 N–H and O–H groups in total. The molecule has 2 aliphatic heterocycles. The molecule has 0 bridgehead atoms. The van der Waals surface area contributed by atoms with Crippen molar-refractivity contribution in [3.05, 3.63) is 71.3 Å². The van der Waals surface area contributed by atoms with Gasteiger partial charge in [-0.15, -0.1) is 0 Å². The number of hydrogen-bond acceptors (Lipinski definition) is 2. The first-order valence-electron chi connectivity index (χ1n) is 9.43. The molecule has 0 unspecified atom stereocenters. The standard InChI is InChI=1S/C22H26N2O/c1-2-8-22(25)24-14-13-23-15-20(17-9-4-3-5-10-17)18-11-6-7-12-19(18)21(23)16-24/h3-7,9-12,20-21H,2,8,13-16H2,1H3/t20-,21+/m0/s1. The van der Waals surface area contributed by atoms with Gasteiger partial charge in [-0.25, -0.2) is 0 Å². The molecule has 1 fully saturated rings. The molecule has 3 heteroatoms. The van der Waals surface area contributed by atoms with Gasteiger partial charge < -0.3 is 4.90 Å². The van der Waals surface area contributed by atoms with Crippen molar-refractivity contribution in [3.8, 4) is 0 Å². The van der Waals surface area contributed by atoms with Crippen LogP contribution in [0.5, 0.6) is 0 Å². The highest BCUT2D eigenvalue weighted by Gasteiger charge is 2.37. The monoisotopic (exact) mass is 334 g/mol. The number of carbonyl (C=O) groups is 1. The number of rotatable bonds is 3. The fourth-order valence-electron chi connectivity index (χ4n) is 4.37. The molecule has 0 aliphatic carbocycles. The van der Waals surface area contributed by atoms with Crippen LogP contribution in [-0.2, 0) is 4.79 Å². The molecule has 25 heavy (non-hydrogen) atoms. The van der Waals surface area contributed by atoms with E-state index in [1.807, 2.05) is 0 Å². The topological polar surface area (TPSA) is 23.6 Å². The smallest absolute Gasteiger partial charge is 0.222 e. The average Bonchev–Trinajstić information content (AvgIpc) is 2.68. The summed E-state index contributed by atoms with van der Waals surface area (Å²) >= 11 is 0. The van der Waals surface area contributed by atoms with E-state index < -0.39 is 0 Å². The Hall–Kier alpha value is -2.13. The molecule has 3 nitrogen and oxygen atoms in total. The lowest BCUT2D eigenvalue weighted by Gasteiger charge is -2.47. The highest BCUT2D eigenvalue weighted by Crippen LogP contribution is 2.40. The molecular formula is C22H26N2O. The molecule has 2 heterocycles. The van der Waals surface area contributed by atoms with Gasteiger partial charge in [0.15, 0.2) is 0 Å². The minimum Gasteiger partial charge on any atom is -0.339 e. The van der Waals surface area contributed by atoms with Crippen LogP contribution in [-0.4, -0.2) is 41.9 Å². The summed E-state index contributed by atoms with van der Waals surface area (Å²) < 4.78 is 0. The maximum absolute atomic E-state index is 12.4. The van der Waals surface area contributed by atoms with E-state index in [1.165, 1.54) is 16.7 Å². The van der Waals surface area contributed by atoms with E-state index >= 15 is 0 Å². The molecule has 0 saturated carbocycles. The minimum absolute atomic E-state index is 0.310. The second-order valence-electron chi connectivity index (χ2n) is 7.19. The molecule has 130 valence electrons. The van der Waals surface area contributed by atoms with Crippen molar-refractivity contribution in [2.24, 2.45) is 0 Å². The predicted octanol–water partition coefficient (Wildman–Crippen LogP) is 3.82. The van der Waals surface area contributed by atoms with Crippen LogP contribution in [0.25, 0.3) is 0 Å². The number of benzene rings is 2. The molecular weight excluding hydrogens is 308 g/mol. The Labute approximate surface area is 150 Å². The van der Waals surface area contributed by atoms with Gasteiger partial charge in [0, 0.05) is 38.5 Å². The van der Waals surface area contributed by atoms with Crippen molar-refractivity contribution in [3.63, 3.8) is 0 Å². The molecule has 4 rings (SSSR count). The zero-order valence-electron chi connectivity index (χ0n) is 14.9. The number of fused-ring (bicyclic) bond motifs is 3. The van der Waals surface area contributed by atoms with Crippen molar-refractivity contribution in [2.45, 2.75) is 31.7 Å². The zero-order valence-corrected chi connectivity index (χ0v) is 14.9. The molecule has 2 aromatic rings. The molecule has 1 saturated heterocycles. The van der Waals surface area contributed by atoms with Crippen LogP contribution in [0, 0.1) is 0 Å². The van der Waals surface area contributed by atoms with Crippen molar-refractivity contribution >= 4 is 5.91 Å². The van der Waals surface area contributed by atoms with Crippen molar-refractivity contribution < 1.29 is 4.79 Å². The Balaban J connectivity index is 1.66. The van der Waals surface area contributed by atoms with Gasteiger partial charge in [-0.1, -0.05) is 61.5 Å². The summed E-state index contributed by atoms with van der Waals surface area (Å²) in [5.74, 6) is 0.733. The molecule has 0 aromatic heterocycles. The number of hydrogen-bond donors (Lipinski definition) is 0. The van der Waals surface area contributed by atoms with E-state index in [4.69, 9.17) is 0 Å². The summed E-state index contributed by atoms with van der Waals surface area (Å²) in [5.41, 5.74) is 4.22. The summed E-state index contributed by atoms with van der Waals surface area (Å²) in [6, 6.07) is 20.0. The van der Waals surface area contributed by atoms with Gasteiger partial charge in [-0.2, -0.15) is 0 Å². The SMILES string of the molecule is CCCC(=O)N1CCN2C[C@@H](c3ccccc3)c3ccccc3[C@H]2C1. The van der Waals surface area contributed by atoms with Gasteiger partial charge in [0.05, 0.1) is 6.04 Å². The Morgan fingerprint density at radius 2 is 1.68 bits per heavy atom. The second kappa shape index (κ2) is 7.01. The Kier molecular flexibility index (Phi) is 4.58. The highest BCUT2D eigenvalue weighted by molar-refractivity contribution is 5.76. The Morgan fingerprint density at radius 1 is 0.960 bits per heavy atom. The van der Waals surface area contributed by atoms with E-state index in [-0.39, 0.29) is 0 Å². The zero-order chi connectivity index (χ0) is 17.2. The van der Waals surface area contributed by atoms with Crippen LogP contribution in [0.1, 0.15) is 48.4 Å². The molecule has 2 aliphatic rings. The Morgan fingerprint density at radius 3 is 2.44 bits per heavy atom. The van der Waals surface area contributed by atoms with E-state index in [1.54, 1.807) is 0 Å². The van der Waals surface area contributed by atoms with E-state index in [9.17, 15) is 4.79 Å². The first-order chi connectivity index (χ1) is 12.3. The minimum atomic E-state index is 0.310. The fraction of sp³-hybridized carbons (Fsp3) is 0.409. The van der Waals surface area contributed by atoms with Gasteiger partial charge in [0.25, 0.3) is 0 Å². The predicted molar refractivity (Wildman–Crippen MR) is 101 cm³/mol. The van der Waals surface area contributed by atoms with Gasteiger partial charge in [-0.3, -0.25) is 9.69 Å². The van der Waals surface area contributed by atoms with Crippen LogP contribution < -0.4 is 0 Å². The van der Waals surface area contributed by atoms with Gasteiger partial charge >= 0.3 is 0 Å². The first kappa shape index (κ1) is 16.3. The van der Waals surface area contributed by atoms with Crippen LogP contribution in [0.15, 0.2) is 54.6 Å². The van der Waals surface area contributed by atoms with Gasteiger partial charge in [-0.05, 0) is 23.1 Å². The van der Waals surface area contributed by atoms with E-state index in [2.05, 4.69) is 71.3 Å². The van der Waals surface area contributed by atoms with Crippen LogP contribution >= 0.6 is 0 Å². The van der Waals surface area contributed by atoms with Crippen LogP contribution in [0.4, 0.5) is 0 Å². The third-order valence-corrected chi connectivity index (χ3v) is 5.66. The number of amides is 1. The van der Waals surface area contributed by atoms with Crippen molar-refractivity contribution in [1.29, 1.82) is 0 Å². The van der Waals surface area contributed by atoms with E-state index in [0.717, 1.165) is 32.6 Å². The van der Waals surface area contributed by atoms with Crippen LogP contribution in [0.2, 0.25) is 0 Å². The van der Waals surface area contributed by atoms with Crippen molar-refractivity contribution in [1.82, 2.24) is 9.80 Å². The second-order valence-corrected chi connectivity index (χ2v) is 7.19. The fourth-order valence-corrected chi connectivity index (χ4v) is 4.37. The highest BCUT2D eigenvalue weighted by atomic mass is 16.2. The normalized spacial score (nSPS) is 23.0. The number of nitrogens with zero attached hydrogens (tertiary/aromatic N) is 2. The summed E-state index contributed by atoms with van der Waals surface area (Å²) in [7, 11) is 0. The quantitative estimate of drug-likeness (QED) is 0.852. The molecule has 0 spiro atoms. The van der Waals surface area contributed by atoms with Crippen LogP contribution in [0.3, 0.4) is 0 Å². The van der Waals surface area contributed by atoms with Gasteiger partial charge in [0.2, 0.25) is 5.91 Å². The van der Waals surface area contributed by atoms with E-state index in [0.29, 0.717) is 24.3 Å². The summed E-state index contributed by atoms with van der Waals surface area (Å²) in [5, 5.41) is 0. The third-order valence-electron chi connectivity index (χ3n) is 5.66. The largest absolute Gasteiger partial charge is 0.339 e.